The fourth-order valence-corrected chi connectivity index (χ4v) is 0.966. The lowest BCUT2D eigenvalue weighted by atomic mass is 10.1. The number of carbonyl (C=O) groups is 1. The maximum absolute atomic E-state index is 10.7. The van der Waals surface area contributed by atoms with Crippen LogP contribution < -0.4 is 5.48 Å². The summed E-state index contributed by atoms with van der Waals surface area (Å²) in [6.07, 6.45) is -0.295. The first-order valence-electron chi connectivity index (χ1n) is 3.72. The highest BCUT2D eigenvalue weighted by molar-refractivity contribution is 5.78. The number of hydroxylamine groups is 1. The lowest BCUT2D eigenvalue weighted by Gasteiger charge is -2.06. The summed E-state index contributed by atoms with van der Waals surface area (Å²) in [6.45, 7) is 0. The predicted octanol–water partition coefficient (Wildman–Crippen LogP) is -0.149. The number of amides is 1. The van der Waals surface area contributed by atoms with Crippen LogP contribution in [0.3, 0.4) is 0 Å². The molecule has 0 heterocycles. The van der Waals surface area contributed by atoms with E-state index in [0.29, 0.717) is 0 Å². The van der Waals surface area contributed by atoms with E-state index in [0.717, 1.165) is 6.07 Å². The standard InChI is InChI=1S/C8H9NO5/c10-5-2-1-4(3-6(11)9-14)7(12)8(5)13/h1-2,10,12-14H,3H2,(H,9,11). The summed E-state index contributed by atoms with van der Waals surface area (Å²) >= 11 is 0. The van der Waals surface area contributed by atoms with Gasteiger partial charge < -0.3 is 15.3 Å². The normalized spacial score (nSPS) is 9.79. The first-order valence-corrected chi connectivity index (χ1v) is 3.72. The van der Waals surface area contributed by atoms with Gasteiger partial charge in [-0.2, -0.15) is 0 Å². The number of phenols is 3. The van der Waals surface area contributed by atoms with Crippen LogP contribution in [0.4, 0.5) is 0 Å². The van der Waals surface area contributed by atoms with Crippen molar-refractivity contribution in [2.75, 3.05) is 0 Å². The molecule has 1 aromatic rings. The zero-order chi connectivity index (χ0) is 10.7. The molecular weight excluding hydrogens is 190 g/mol. The second-order valence-electron chi connectivity index (χ2n) is 2.65. The van der Waals surface area contributed by atoms with E-state index < -0.39 is 23.2 Å². The number of nitrogens with one attached hydrogen (secondary N) is 1. The second kappa shape index (κ2) is 3.84. The number of hydrogen-bond donors (Lipinski definition) is 5. The topological polar surface area (TPSA) is 110 Å². The van der Waals surface area contributed by atoms with Gasteiger partial charge in [0, 0.05) is 5.56 Å². The lowest BCUT2D eigenvalue weighted by molar-refractivity contribution is -0.128. The van der Waals surface area contributed by atoms with E-state index >= 15 is 0 Å². The minimum atomic E-state index is -0.731. The van der Waals surface area contributed by atoms with Gasteiger partial charge in [0.15, 0.2) is 11.5 Å². The minimum Gasteiger partial charge on any atom is -0.504 e. The third-order valence-corrected chi connectivity index (χ3v) is 1.69. The molecule has 0 aliphatic carbocycles. The Labute approximate surface area is 79.0 Å². The van der Waals surface area contributed by atoms with Crippen LogP contribution >= 0.6 is 0 Å². The van der Waals surface area contributed by atoms with Crippen molar-refractivity contribution in [2.24, 2.45) is 0 Å². The van der Waals surface area contributed by atoms with Gasteiger partial charge in [0.1, 0.15) is 0 Å². The molecule has 0 aliphatic heterocycles. The van der Waals surface area contributed by atoms with Gasteiger partial charge in [0.25, 0.3) is 0 Å². The van der Waals surface area contributed by atoms with Crippen LogP contribution in [0, 0.1) is 0 Å². The Kier molecular flexibility index (Phi) is 2.78. The number of rotatable bonds is 2. The van der Waals surface area contributed by atoms with Gasteiger partial charge in [0.05, 0.1) is 6.42 Å². The number of carbonyl (C=O) groups excluding carboxylic acids is 1. The van der Waals surface area contributed by atoms with Crippen molar-refractivity contribution in [2.45, 2.75) is 6.42 Å². The van der Waals surface area contributed by atoms with Gasteiger partial charge in [-0.3, -0.25) is 10.0 Å². The smallest absolute Gasteiger partial charge is 0.247 e. The number of phenolic OH excluding ortho intramolecular Hbond substituents is 3. The van der Waals surface area contributed by atoms with Crippen molar-refractivity contribution in [3.63, 3.8) is 0 Å². The van der Waals surface area contributed by atoms with Crippen molar-refractivity contribution in [3.05, 3.63) is 17.7 Å². The number of benzene rings is 1. The monoisotopic (exact) mass is 199 g/mol. The van der Waals surface area contributed by atoms with Crippen molar-refractivity contribution in [1.82, 2.24) is 5.48 Å². The molecule has 76 valence electrons. The van der Waals surface area contributed by atoms with Crippen molar-refractivity contribution < 1.29 is 25.3 Å². The predicted molar refractivity (Wildman–Crippen MR) is 45.1 cm³/mol. The van der Waals surface area contributed by atoms with Crippen LogP contribution in [0.15, 0.2) is 12.1 Å². The van der Waals surface area contributed by atoms with Gasteiger partial charge in [0.2, 0.25) is 11.7 Å². The fraction of sp³-hybridized carbons (Fsp3) is 0.125. The van der Waals surface area contributed by atoms with Gasteiger partial charge in [-0.15, -0.1) is 0 Å². The highest BCUT2D eigenvalue weighted by Gasteiger charge is 2.13. The summed E-state index contributed by atoms with van der Waals surface area (Å²) < 4.78 is 0. The molecule has 0 saturated heterocycles. The largest absolute Gasteiger partial charge is 0.504 e. The van der Waals surface area contributed by atoms with Crippen LogP contribution in [0.2, 0.25) is 0 Å². The van der Waals surface area contributed by atoms with E-state index in [9.17, 15) is 9.90 Å². The van der Waals surface area contributed by atoms with Gasteiger partial charge in [-0.25, -0.2) is 5.48 Å². The first-order chi connectivity index (χ1) is 6.56. The van der Waals surface area contributed by atoms with Crippen LogP contribution in [-0.4, -0.2) is 26.4 Å². The van der Waals surface area contributed by atoms with E-state index in [-0.39, 0.29) is 12.0 Å². The molecule has 1 amide bonds. The van der Waals surface area contributed by atoms with Crippen LogP contribution in [0.1, 0.15) is 5.56 Å². The van der Waals surface area contributed by atoms with Crippen molar-refractivity contribution in [3.8, 4) is 17.2 Å². The summed E-state index contributed by atoms with van der Waals surface area (Å²) in [6, 6.07) is 2.40. The molecule has 0 spiro atoms. The molecule has 0 radical (unpaired) electrons. The third-order valence-electron chi connectivity index (χ3n) is 1.69. The molecule has 0 aliphatic rings. The van der Waals surface area contributed by atoms with Crippen LogP contribution in [-0.2, 0) is 11.2 Å². The first kappa shape index (κ1) is 10.1. The highest BCUT2D eigenvalue weighted by Crippen LogP contribution is 2.37. The molecule has 0 unspecified atom stereocenters. The molecule has 0 fully saturated rings. The molecule has 14 heavy (non-hydrogen) atoms. The molecule has 1 aromatic carbocycles. The Balaban J connectivity index is 3.00. The van der Waals surface area contributed by atoms with Crippen molar-refractivity contribution >= 4 is 5.91 Å². The number of aromatic hydroxyl groups is 3. The van der Waals surface area contributed by atoms with Crippen LogP contribution in [0.25, 0.3) is 0 Å². The second-order valence-corrected chi connectivity index (χ2v) is 2.65. The minimum absolute atomic E-state index is 0.104. The third kappa shape index (κ3) is 1.86. The summed E-state index contributed by atoms with van der Waals surface area (Å²) in [7, 11) is 0. The van der Waals surface area contributed by atoms with Gasteiger partial charge >= 0.3 is 0 Å². The van der Waals surface area contributed by atoms with E-state index in [1.165, 1.54) is 11.5 Å². The summed E-state index contributed by atoms with van der Waals surface area (Å²) in [4.78, 5) is 10.7. The Morgan fingerprint density at radius 1 is 1.21 bits per heavy atom. The molecule has 1 rings (SSSR count). The Hall–Kier alpha value is -1.95. The maximum atomic E-state index is 10.7. The lowest BCUT2D eigenvalue weighted by Crippen LogP contribution is -2.20. The maximum Gasteiger partial charge on any atom is 0.247 e. The average molecular weight is 199 g/mol. The molecule has 0 atom stereocenters. The SMILES string of the molecule is O=C(Cc1ccc(O)c(O)c1O)NO. The van der Waals surface area contributed by atoms with E-state index in [4.69, 9.17) is 15.4 Å². The van der Waals surface area contributed by atoms with Gasteiger partial charge in [-0.1, -0.05) is 6.07 Å². The van der Waals surface area contributed by atoms with E-state index in [1.807, 2.05) is 0 Å². The van der Waals surface area contributed by atoms with Gasteiger partial charge in [-0.05, 0) is 6.07 Å². The van der Waals surface area contributed by atoms with E-state index in [2.05, 4.69) is 0 Å². The van der Waals surface area contributed by atoms with E-state index in [1.54, 1.807) is 0 Å². The average Bonchev–Trinajstić information content (AvgIpc) is 2.19. The molecule has 0 aromatic heterocycles. The Bertz CT molecular complexity index is 363. The summed E-state index contributed by atoms with van der Waals surface area (Å²) in [5.74, 6) is -2.47. The zero-order valence-electron chi connectivity index (χ0n) is 7.06. The molecule has 0 saturated carbocycles. The molecular formula is C8H9NO5. The fourth-order valence-electron chi connectivity index (χ4n) is 0.966. The molecule has 0 bridgehead atoms. The summed E-state index contributed by atoms with van der Waals surface area (Å²) in [5.41, 5.74) is 1.48. The quantitative estimate of drug-likeness (QED) is 0.258. The zero-order valence-corrected chi connectivity index (χ0v) is 7.06. The Morgan fingerprint density at radius 3 is 2.43 bits per heavy atom. The Morgan fingerprint density at radius 2 is 1.86 bits per heavy atom. The number of hydrogen-bond acceptors (Lipinski definition) is 5. The molecule has 6 nitrogen and oxygen atoms in total. The molecule has 5 N–H and O–H groups in total. The van der Waals surface area contributed by atoms with Crippen molar-refractivity contribution in [1.29, 1.82) is 0 Å². The van der Waals surface area contributed by atoms with Crippen LogP contribution in [0.5, 0.6) is 17.2 Å². The highest BCUT2D eigenvalue weighted by atomic mass is 16.5. The molecule has 6 heteroatoms. The summed E-state index contributed by atoms with van der Waals surface area (Å²) in [5, 5.41) is 35.5.